The Morgan fingerprint density at radius 3 is 2.72 bits per heavy atom. The van der Waals surface area contributed by atoms with Gasteiger partial charge in [0.05, 0.1) is 12.2 Å². The van der Waals surface area contributed by atoms with Crippen LogP contribution in [0.15, 0.2) is 30.5 Å². The second kappa shape index (κ2) is 8.05. The van der Waals surface area contributed by atoms with Crippen molar-refractivity contribution in [1.29, 1.82) is 0 Å². The van der Waals surface area contributed by atoms with Gasteiger partial charge in [-0.25, -0.2) is 0 Å². The molecule has 1 saturated heterocycles. The number of benzene rings is 1. The monoisotopic (exact) mass is 435 g/mol. The molecule has 0 bridgehead atoms. The van der Waals surface area contributed by atoms with E-state index in [2.05, 4.69) is 57.4 Å². The second-order valence-electron chi connectivity index (χ2n) is 9.73. The zero-order valence-corrected chi connectivity index (χ0v) is 19.5. The summed E-state index contributed by atoms with van der Waals surface area (Å²) >= 11 is 0. The summed E-state index contributed by atoms with van der Waals surface area (Å²) in [6, 6.07) is 8.70. The topological polar surface area (TPSA) is 64.3 Å². The van der Waals surface area contributed by atoms with Crippen molar-refractivity contribution in [2.24, 2.45) is 14.1 Å². The van der Waals surface area contributed by atoms with E-state index in [-0.39, 0.29) is 17.6 Å². The molecule has 7 heteroatoms. The molecule has 1 aromatic carbocycles. The lowest BCUT2D eigenvalue weighted by molar-refractivity contribution is -0.104. The number of para-hydroxylation sites is 1. The highest BCUT2D eigenvalue weighted by atomic mass is 16.5. The van der Waals surface area contributed by atoms with Crippen LogP contribution in [0.2, 0.25) is 0 Å². The van der Waals surface area contributed by atoms with E-state index in [1.54, 1.807) is 0 Å². The maximum Gasteiger partial charge on any atom is 0.272 e. The van der Waals surface area contributed by atoms with E-state index in [1.807, 2.05) is 25.6 Å². The largest absolute Gasteiger partial charge is 0.370 e. The smallest absolute Gasteiger partial charge is 0.272 e. The number of carbonyl (C=O) groups excluding carboxylic acids is 1. The molecule has 0 radical (unpaired) electrons. The van der Waals surface area contributed by atoms with Gasteiger partial charge in [-0.1, -0.05) is 18.2 Å². The van der Waals surface area contributed by atoms with Gasteiger partial charge in [0.1, 0.15) is 0 Å². The maximum absolute atomic E-state index is 12.6. The van der Waals surface area contributed by atoms with Crippen molar-refractivity contribution in [3.63, 3.8) is 0 Å². The van der Waals surface area contributed by atoms with Gasteiger partial charge in [-0.15, -0.1) is 0 Å². The number of aryl methyl sites for hydroxylation is 2. The average molecular weight is 436 g/mol. The summed E-state index contributed by atoms with van der Waals surface area (Å²) in [7, 11) is 4.06. The third kappa shape index (κ3) is 3.73. The Labute approximate surface area is 189 Å². The first-order valence-electron chi connectivity index (χ1n) is 11.6. The van der Waals surface area contributed by atoms with Crippen LogP contribution in [0.1, 0.15) is 54.0 Å². The van der Waals surface area contributed by atoms with Crippen LogP contribution in [0.3, 0.4) is 0 Å². The molecule has 170 valence electrons. The highest BCUT2D eigenvalue weighted by Gasteiger charge is 2.41. The Morgan fingerprint density at radius 1 is 1.22 bits per heavy atom. The van der Waals surface area contributed by atoms with Crippen molar-refractivity contribution in [3.05, 3.63) is 53.0 Å². The molecule has 1 spiro atoms. The van der Waals surface area contributed by atoms with Gasteiger partial charge < -0.3 is 14.6 Å². The number of hydrogen-bond donors (Lipinski definition) is 1. The molecule has 1 amide bonds. The molecular weight excluding hydrogens is 402 g/mol. The minimum atomic E-state index is -0.151. The minimum Gasteiger partial charge on any atom is -0.370 e. The summed E-state index contributed by atoms with van der Waals surface area (Å²) in [6.45, 7) is 7.38. The molecule has 7 nitrogen and oxygen atoms in total. The second-order valence-corrected chi connectivity index (χ2v) is 9.73. The highest BCUT2D eigenvalue weighted by Crippen LogP contribution is 2.37. The van der Waals surface area contributed by atoms with Gasteiger partial charge in [0.2, 0.25) is 0 Å². The SMILES string of the molecule is CC(C)NC(=O)c1nn(C)c2c1COC1(CCN(Cc3cn(C)c4ccccc34)CC1)C2. The summed E-state index contributed by atoms with van der Waals surface area (Å²) in [5.41, 5.74) is 5.13. The first kappa shape index (κ1) is 21.2. The minimum absolute atomic E-state index is 0.0852. The molecule has 2 aliphatic rings. The van der Waals surface area contributed by atoms with E-state index in [0.29, 0.717) is 12.3 Å². The van der Waals surface area contributed by atoms with Crippen LogP contribution in [0.5, 0.6) is 0 Å². The number of aromatic nitrogens is 3. The Kier molecular flexibility index (Phi) is 5.34. The number of nitrogens with one attached hydrogen (secondary N) is 1. The van der Waals surface area contributed by atoms with Crippen LogP contribution in [0, 0.1) is 0 Å². The number of piperidine rings is 1. The van der Waals surface area contributed by atoms with Crippen LogP contribution in [-0.4, -0.2) is 49.9 Å². The van der Waals surface area contributed by atoms with E-state index < -0.39 is 0 Å². The molecule has 32 heavy (non-hydrogen) atoms. The molecule has 5 rings (SSSR count). The van der Waals surface area contributed by atoms with Crippen molar-refractivity contribution >= 4 is 16.8 Å². The Morgan fingerprint density at radius 2 is 1.97 bits per heavy atom. The molecule has 0 atom stereocenters. The van der Waals surface area contributed by atoms with Gasteiger partial charge in [-0.05, 0) is 38.3 Å². The summed E-state index contributed by atoms with van der Waals surface area (Å²) in [5.74, 6) is -0.110. The highest BCUT2D eigenvalue weighted by molar-refractivity contribution is 5.94. The fraction of sp³-hybridized carbons (Fsp3) is 0.520. The molecule has 3 aromatic rings. The number of rotatable bonds is 4. The van der Waals surface area contributed by atoms with Gasteiger partial charge in [0.25, 0.3) is 5.91 Å². The van der Waals surface area contributed by atoms with Crippen LogP contribution in [-0.2, 0) is 38.4 Å². The fourth-order valence-electron chi connectivity index (χ4n) is 5.30. The number of likely N-dealkylation sites (tertiary alicyclic amines) is 1. The lowest BCUT2D eigenvalue weighted by atomic mass is 9.83. The van der Waals surface area contributed by atoms with Gasteiger partial charge >= 0.3 is 0 Å². The first-order chi connectivity index (χ1) is 15.3. The third-order valence-electron chi connectivity index (χ3n) is 7.06. The molecule has 0 saturated carbocycles. The molecule has 1 fully saturated rings. The molecule has 1 N–H and O–H groups in total. The Hall–Kier alpha value is -2.64. The van der Waals surface area contributed by atoms with Crippen LogP contribution in [0.25, 0.3) is 10.9 Å². The van der Waals surface area contributed by atoms with E-state index in [9.17, 15) is 4.79 Å². The standard InChI is InChI=1S/C25H33N5O2/c1-17(2)26-24(31)23-20-16-32-25(13-22(20)29(4)27-23)9-11-30(12-10-25)15-18-14-28(3)21-8-6-5-7-19(18)21/h5-8,14,17H,9-13,15-16H2,1-4H3,(H,26,31). The summed E-state index contributed by atoms with van der Waals surface area (Å²) < 4.78 is 10.6. The van der Waals surface area contributed by atoms with Crippen molar-refractivity contribution in [2.45, 2.75) is 57.9 Å². The molecule has 0 aliphatic carbocycles. The van der Waals surface area contributed by atoms with Gasteiger partial charge in [-0.3, -0.25) is 14.4 Å². The summed E-state index contributed by atoms with van der Waals surface area (Å²) in [6.07, 6.45) is 5.08. The predicted octanol–water partition coefficient (Wildman–Crippen LogP) is 3.16. The molecular formula is C25H33N5O2. The fourth-order valence-corrected chi connectivity index (χ4v) is 5.30. The van der Waals surface area contributed by atoms with Crippen LogP contribution in [0.4, 0.5) is 0 Å². The molecule has 0 unspecified atom stereocenters. The first-order valence-corrected chi connectivity index (χ1v) is 11.6. The number of carbonyl (C=O) groups is 1. The quantitative estimate of drug-likeness (QED) is 0.684. The number of hydrogen-bond acceptors (Lipinski definition) is 4. The van der Waals surface area contributed by atoms with Crippen molar-refractivity contribution in [3.8, 4) is 0 Å². The van der Waals surface area contributed by atoms with E-state index in [4.69, 9.17) is 4.74 Å². The lowest BCUT2D eigenvalue weighted by Crippen LogP contribution is -2.49. The van der Waals surface area contributed by atoms with Gasteiger partial charge in [0.15, 0.2) is 5.69 Å². The summed E-state index contributed by atoms with van der Waals surface area (Å²) in [4.78, 5) is 15.1. The van der Waals surface area contributed by atoms with Crippen molar-refractivity contribution in [2.75, 3.05) is 13.1 Å². The lowest BCUT2D eigenvalue weighted by Gasteiger charge is -2.44. The third-order valence-corrected chi connectivity index (χ3v) is 7.06. The Bertz CT molecular complexity index is 1150. The zero-order valence-electron chi connectivity index (χ0n) is 19.5. The van der Waals surface area contributed by atoms with Crippen molar-refractivity contribution < 1.29 is 9.53 Å². The molecule has 4 heterocycles. The maximum atomic E-state index is 12.6. The normalized spacial score (nSPS) is 18.4. The van der Waals surface area contributed by atoms with Gasteiger partial charge in [-0.2, -0.15) is 5.10 Å². The molecule has 2 aromatic heterocycles. The number of amides is 1. The molecule has 2 aliphatic heterocycles. The van der Waals surface area contributed by atoms with Crippen LogP contribution >= 0.6 is 0 Å². The number of ether oxygens (including phenoxy) is 1. The Balaban J connectivity index is 1.28. The zero-order chi connectivity index (χ0) is 22.5. The predicted molar refractivity (Wildman–Crippen MR) is 124 cm³/mol. The summed E-state index contributed by atoms with van der Waals surface area (Å²) in [5, 5.41) is 8.84. The number of fused-ring (bicyclic) bond motifs is 2. The van der Waals surface area contributed by atoms with E-state index >= 15 is 0 Å². The van der Waals surface area contributed by atoms with E-state index in [1.165, 1.54) is 16.5 Å². The average Bonchev–Trinajstić information content (AvgIpc) is 3.26. The van der Waals surface area contributed by atoms with Crippen molar-refractivity contribution in [1.82, 2.24) is 24.6 Å². The van der Waals surface area contributed by atoms with Gasteiger partial charge in [0, 0.05) is 74.5 Å². The number of nitrogens with zero attached hydrogens (tertiary/aromatic N) is 4. The van der Waals surface area contributed by atoms with E-state index in [0.717, 1.165) is 50.2 Å². The van der Waals surface area contributed by atoms with Crippen LogP contribution < -0.4 is 5.32 Å².